The topological polar surface area (TPSA) is 34.1 Å². The van der Waals surface area contributed by atoms with Gasteiger partial charge in [0.05, 0.1) is 0 Å². The first-order chi connectivity index (χ1) is 1.41. The Morgan fingerprint density at radius 3 is 1.20 bits per heavy atom. The number of rotatable bonds is 0. The average Bonchev–Trinajstić information content (AvgIpc) is 0.918. The molecule has 0 unspecified atom stereocenters. The summed E-state index contributed by atoms with van der Waals surface area (Å²) in [6.07, 6.45) is 0. The monoisotopic (exact) mass is 177 g/mol. The van der Waals surface area contributed by atoms with Gasteiger partial charge in [0.25, 0.3) is 0 Å². The third-order valence-corrected chi connectivity index (χ3v) is 0. The molecule has 5 heavy (non-hydrogen) atoms. The molecule has 0 saturated carbocycles. The first-order valence-corrected chi connectivity index (χ1v) is 1.10. The quantitative estimate of drug-likeness (QED) is 0.401. The molecule has 2 nitrogen and oxygen atoms in total. The van der Waals surface area contributed by atoms with Crippen molar-refractivity contribution >= 4 is 8.34 Å². The van der Waals surface area contributed by atoms with E-state index >= 15 is 0 Å². The van der Waals surface area contributed by atoms with E-state index in [-0.39, 0.29) is 33.8 Å². The van der Waals surface area contributed by atoms with Crippen molar-refractivity contribution in [2.24, 2.45) is 0 Å². The molecule has 0 aromatic carbocycles. The minimum absolute atomic E-state index is 0. The Kier molecular flexibility index (Phi) is 65.2. The minimum atomic E-state index is -1.08. The van der Waals surface area contributed by atoms with Crippen LogP contribution in [-0.2, 0) is 43.0 Å². The van der Waals surface area contributed by atoms with Gasteiger partial charge in [0.1, 0.15) is 0 Å². The van der Waals surface area contributed by atoms with Crippen LogP contribution < -0.4 is 0 Å². The van der Waals surface area contributed by atoms with Crippen molar-refractivity contribution in [1.29, 1.82) is 0 Å². The molecule has 0 aromatic rings. The van der Waals surface area contributed by atoms with Crippen molar-refractivity contribution in [3.05, 3.63) is 0 Å². The van der Waals surface area contributed by atoms with E-state index in [4.69, 9.17) is 9.13 Å². The van der Waals surface area contributed by atoms with Crippen LogP contribution in [0.1, 0.15) is 0 Å². The molecule has 0 fully saturated rings. The summed E-state index contributed by atoms with van der Waals surface area (Å²) in [4.78, 5) is 0. The molecular formula is CoMnO2P+. The molecule has 2 radical (unpaired) electrons. The van der Waals surface area contributed by atoms with Gasteiger partial charge in [0.2, 0.25) is 0 Å². The Hall–Kier alpha value is 1.06. The van der Waals surface area contributed by atoms with E-state index in [0.717, 1.165) is 0 Å². The molecule has 0 N–H and O–H groups in total. The summed E-state index contributed by atoms with van der Waals surface area (Å²) in [5.41, 5.74) is 0. The fourth-order valence-corrected chi connectivity index (χ4v) is 0. The van der Waals surface area contributed by atoms with Crippen LogP contribution in [0.5, 0.6) is 0 Å². The Morgan fingerprint density at radius 1 is 1.20 bits per heavy atom. The maximum Gasteiger partial charge on any atom is 0 e. The first-order valence-electron chi connectivity index (χ1n) is 0.365. The molecule has 0 spiro atoms. The second-order valence-corrected chi connectivity index (χ2v) is 0.224. The van der Waals surface area contributed by atoms with Gasteiger partial charge in [-0.15, -0.1) is 0 Å². The second-order valence-electron chi connectivity index (χ2n) is 0.0745. The smallest absolute Gasteiger partial charge is 0 e. The number of hydrogen-bond acceptors (Lipinski definition) is 2. The fraction of sp³-hybridized carbons (Fsp3) is 0. The van der Waals surface area contributed by atoms with E-state index in [9.17, 15) is 0 Å². The van der Waals surface area contributed by atoms with Gasteiger partial charge in [-0.2, -0.15) is 0 Å². The standard InChI is InChI=1S/Co.Mn.O2P/c;;1-3-2/q;;+1. The normalized spacial score (nSPS) is 1.60. The molecule has 0 saturated heterocycles. The Labute approximate surface area is 51.6 Å². The van der Waals surface area contributed by atoms with Crippen molar-refractivity contribution in [3.8, 4) is 0 Å². The molecule has 0 amide bonds. The van der Waals surface area contributed by atoms with E-state index < -0.39 is 8.34 Å². The Morgan fingerprint density at radius 2 is 1.20 bits per heavy atom. The molecule has 0 heterocycles. The summed E-state index contributed by atoms with van der Waals surface area (Å²) in [6, 6.07) is 0. The van der Waals surface area contributed by atoms with Gasteiger partial charge >= 0.3 is 17.5 Å². The average molecular weight is 177 g/mol. The van der Waals surface area contributed by atoms with Crippen LogP contribution in [0.15, 0.2) is 0 Å². The van der Waals surface area contributed by atoms with Crippen LogP contribution in [0.2, 0.25) is 0 Å². The van der Waals surface area contributed by atoms with Crippen molar-refractivity contribution in [1.82, 2.24) is 0 Å². The van der Waals surface area contributed by atoms with E-state index in [1.807, 2.05) is 0 Å². The van der Waals surface area contributed by atoms with Crippen LogP contribution >= 0.6 is 8.34 Å². The zero-order valence-corrected chi connectivity index (χ0v) is 5.09. The van der Waals surface area contributed by atoms with Gasteiger partial charge in [0, 0.05) is 33.8 Å². The van der Waals surface area contributed by atoms with E-state index in [2.05, 4.69) is 0 Å². The van der Waals surface area contributed by atoms with Crippen LogP contribution in [-0.4, -0.2) is 0 Å². The predicted octanol–water partition coefficient (Wildman–Crippen LogP) is 0.619. The molecule has 32 valence electrons. The van der Waals surface area contributed by atoms with Crippen molar-refractivity contribution < 1.29 is 43.0 Å². The number of hydrogen-bond donors (Lipinski definition) is 0. The van der Waals surface area contributed by atoms with Crippen LogP contribution in [0.25, 0.3) is 0 Å². The van der Waals surface area contributed by atoms with Crippen LogP contribution in [0.3, 0.4) is 0 Å². The van der Waals surface area contributed by atoms with Gasteiger partial charge in [-0.25, -0.2) is 0 Å². The molecule has 0 atom stereocenters. The van der Waals surface area contributed by atoms with E-state index in [0.29, 0.717) is 0 Å². The van der Waals surface area contributed by atoms with Crippen molar-refractivity contribution in [3.63, 3.8) is 0 Å². The SMILES string of the molecule is O=[P+]=O.[Co].[Mn]. The minimum Gasteiger partial charge on any atom is 0 e. The molecule has 0 rings (SSSR count). The maximum absolute atomic E-state index is 8.35. The third-order valence-electron chi connectivity index (χ3n) is 0. The van der Waals surface area contributed by atoms with Crippen LogP contribution in [0.4, 0.5) is 0 Å². The van der Waals surface area contributed by atoms with Crippen molar-refractivity contribution in [2.75, 3.05) is 0 Å². The first kappa shape index (κ1) is 16.6. The van der Waals surface area contributed by atoms with Gasteiger partial charge in [0.15, 0.2) is 0 Å². The molecular weight excluding hydrogens is 177 g/mol. The van der Waals surface area contributed by atoms with Gasteiger partial charge < -0.3 is 0 Å². The van der Waals surface area contributed by atoms with Gasteiger partial charge in [-0.05, 0) is 0 Å². The summed E-state index contributed by atoms with van der Waals surface area (Å²) >= 11 is 0. The fourth-order valence-electron chi connectivity index (χ4n) is 0. The summed E-state index contributed by atoms with van der Waals surface area (Å²) in [5, 5.41) is 0. The van der Waals surface area contributed by atoms with E-state index in [1.165, 1.54) is 0 Å². The largest absolute Gasteiger partial charge is 0 e. The molecule has 0 bridgehead atoms. The van der Waals surface area contributed by atoms with Gasteiger partial charge in [-0.3, -0.25) is 0 Å². The van der Waals surface area contributed by atoms with E-state index in [1.54, 1.807) is 0 Å². The van der Waals surface area contributed by atoms with Crippen LogP contribution in [0, 0.1) is 0 Å². The Balaban J connectivity index is -0.0000000200. The molecule has 0 aliphatic rings. The maximum atomic E-state index is 8.35. The summed E-state index contributed by atoms with van der Waals surface area (Å²) in [6.45, 7) is 0. The predicted molar refractivity (Wildman–Crippen MR) is 8.29 cm³/mol. The summed E-state index contributed by atoms with van der Waals surface area (Å²) in [5.74, 6) is 0. The van der Waals surface area contributed by atoms with Gasteiger partial charge in [-0.1, -0.05) is 0 Å². The van der Waals surface area contributed by atoms with Crippen molar-refractivity contribution in [2.45, 2.75) is 0 Å². The molecule has 0 aliphatic carbocycles. The molecule has 5 heteroatoms. The zero-order valence-electron chi connectivity index (χ0n) is 1.98. The molecule has 0 aromatic heterocycles. The molecule has 0 aliphatic heterocycles. The summed E-state index contributed by atoms with van der Waals surface area (Å²) < 4.78 is 16.7. The third kappa shape index (κ3) is 42.3. The second kappa shape index (κ2) is 19.7. The summed E-state index contributed by atoms with van der Waals surface area (Å²) in [7, 11) is -1.08. The zero-order chi connectivity index (χ0) is 2.71. The Bertz CT molecular complexity index is 30.6.